The third-order valence-corrected chi connectivity index (χ3v) is 18.5. The van der Waals surface area contributed by atoms with E-state index >= 15 is 0 Å². The number of phosphoric ester groups is 2. The summed E-state index contributed by atoms with van der Waals surface area (Å²) in [5, 5.41) is 10.6. The van der Waals surface area contributed by atoms with Crippen LogP contribution in [0.15, 0.2) is 0 Å². The Morgan fingerprint density at radius 2 is 0.573 bits per heavy atom. The van der Waals surface area contributed by atoms with Crippen LogP contribution in [0.1, 0.15) is 356 Å². The number of esters is 4. The summed E-state index contributed by atoms with van der Waals surface area (Å²) in [7, 11) is -9.89. The third kappa shape index (κ3) is 63.2. The highest BCUT2D eigenvalue weighted by atomic mass is 31.2. The molecule has 0 fully saturated rings. The molecule has 0 bridgehead atoms. The van der Waals surface area contributed by atoms with Crippen LogP contribution in [0.4, 0.5) is 0 Å². The maximum absolute atomic E-state index is 13.0. The monoisotopic (exact) mass is 1310 g/mol. The van der Waals surface area contributed by atoms with Crippen molar-refractivity contribution in [2.24, 2.45) is 11.8 Å². The van der Waals surface area contributed by atoms with E-state index in [0.717, 1.165) is 115 Å². The second-order valence-corrected chi connectivity index (χ2v) is 28.9. The number of rotatable bonds is 69. The molecule has 0 heterocycles. The lowest BCUT2D eigenvalue weighted by atomic mass is 9.99. The summed E-state index contributed by atoms with van der Waals surface area (Å²) in [6.07, 6.45) is 47.3. The Bertz CT molecular complexity index is 1740. The molecule has 0 spiro atoms. The fraction of sp³-hybridized carbons (Fsp3) is 0.943. The molecule has 0 aliphatic rings. The molecular weight excluding hydrogens is 1170 g/mol. The van der Waals surface area contributed by atoms with Gasteiger partial charge < -0.3 is 33.8 Å². The number of carbonyl (C=O) groups is 4. The number of hydrogen-bond donors (Lipinski definition) is 3. The molecule has 0 aliphatic heterocycles. The fourth-order valence-electron chi connectivity index (χ4n) is 10.6. The molecular formula is C70H136O17P2. The number of carbonyl (C=O) groups excluding carboxylic acids is 4. The van der Waals surface area contributed by atoms with Gasteiger partial charge in [0.15, 0.2) is 12.2 Å². The summed E-state index contributed by atoms with van der Waals surface area (Å²) in [5.41, 5.74) is 0. The van der Waals surface area contributed by atoms with E-state index in [-0.39, 0.29) is 25.7 Å². The minimum Gasteiger partial charge on any atom is -0.462 e. The first-order valence-corrected chi connectivity index (χ1v) is 39.5. The Labute approximate surface area is 543 Å². The van der Waals surface area contributed by atoms with Crippen molar-refractivity contribution in [3.63, 3.8) is 0 Å². The van der Waals surface area contributed by atoms with Gasteiger partial charge in [-0.05, 0) is 37.5 Å². The van der Waals surface area contributed by atoms with E-state index in [1.54, 1.807) is 0 Å². The van der Waals surface area contributed by atoms with E-state index in [2.05, 4.69) is 41.5 Å². The maximum Gasteiger partial charge on any atom is 0.472 e. The van der Waals surface area contributed by atoms with Crippen LogP contribution in [0.2, 0.25) is 0 Å². The molecule has 17 nitrogen and oxygen atoms in total. The van der Waals surface area contributed by atoms with Crippen molar-refractivity contribution >= 4 is 39.5 Å². The van der Waals surface area contributed by atoms with E-state index in [9.17, 15) is 43.2 Å². The van der Waals surface area contributed by atoms with Gasteiger partial charge in [0.05, 0.1) is 26.4 Å². The van der Waals surface area contributed by atoms with Crippen LogP contribution in [-0.4, -0.2) is 96.7 Å². The van der Waals surface area contributed by atoms with E-state index in [1.807, 2.05) is 0 Å². The highest BCUT2D eigenvalue weighted by Gasteiger charge is 2.30. The molecule has 0 rings (SSSR count). The molecule has 3 unspecified atom stereocenters. The van der Waals surface area contributed by atoms with Crippen LogP contribution in [-0.2, 0) is 65.4 Å². The van der Waals surface area contributed by atoms with Gasteiger partial charge in [0.2, 0.25) is 0 Å². The second-order valence-electron chi connectivity index (χ2n) is 26.0. The van der Waals surface area contributed by atoms with Crippen LogP contribution in [0.5, 0.6) is 0 Å². The molecule has 0 aromatic rings. The van der Waals surface area contributed by atoms with E-state index in [4.69, 9.17) is 37.0 Å². The smallest absolute Gasteiger partial charge is 0.462 e. The van der Waals surface area contributed by atoms with Crippen LogP contribution in [0, 0.1) is 11.8 Å². The number of ether oxygens (including phenoxy) is 4. The van der Waals surface area contributed by atoms with E-state index in [0.29, 0.717) is 25.7 Å². The molecule has 0 saturated carbocycles. The van der Waals surface area contributed by atoms with E-state index in [1.165, 1.54) is 161 Å². The lowest BCUT2D eigenvalue weighted by Gasteiger charge is -2.21. The molecule has 3 N–H and O–H groups in total. The summed E-state index contributed by atoms with van der Waals surface area (Å²) < 4.78 is 68.2. The van der Waals surface area contributed by atoms with Crippen molar-refractivity contribution in [3.8, 4) is 0 Å². The predicted octanol–water partition coefficient (Wildman–Crippen LogP) is 20.0. The standard InChI is InChI=1S/C70H136O17P2/c1-7-10-12-14-16-17-24-28-36-42-48-54-69(74)86-65(58-80-67(72)52-46-40-32-15-13-11-8-2)60-84-88(76,77)82-56-64(71)57-83-89(78,79)85-61-66(59-81-68(73)53-47-41-35-31-30-34-39-45-51-63(6)9-3)87-70(75)55-49-43-37-29-26-23-21-19-18-20-22-25-27-33-38-44-50-62(4)5/h62-66,71H,7-61H2,1-6H3,(H,76,77)(H,78,79)/t63?,64-,65+,66+/m0/s1. The molecule has 19 heteroatoms. The minimum atomic E-state index is -4.95. The lowest BCUT2D eigenvalue weighted by molar-refractivity contribution is -0.161. The number of aliphatic hydroxyl groups excluding tert-OH is 1. The average Bonchev–Trinajstić information content (AvgIpc) is 3.57. The molecule has 0 aliphatic carbocycles. The fourth-order valence-corrected chi connectivity index (χ4v) is 12.1. The summed E-state index contributed by atoms with van der Waals surface area (Å²) in [6, 6.07) is 0. The molecule has 0 radical (unpaired) electrons. The van der Waals surface area contributed by atoms with Crippen molar-refractivity contribution in [1.29, 1.82) is 0 Å². The van der Waals surface area contributed by atoms with Gasteiger partial charge in [0, 0.05) is 25.7 Å². The minimum absolute atomic E-state index is 0.106. The molecule has 0 aromatic carbocycles. The largest absolute Gasteiger partial charge is 0.472 e. The van der Waals surface area contributed by atoms with E-state index < -0.39 is 97.5 Å². The highest BCUT2D eigenvalue weighted by molar-refractivity contribution is 7.47. The van der Waals surface area contributed by atoms with Gasteiger partial charge in [0.1, 0.15) is 19.3 Å². The zero-order chi connectivity index (χ0) is 65.7. The molecule has 0 saturated heterocycles. The predicted molar refractivity (Wildman–Crippen MR) is 358 cm³/mol. The zero-order valence-corrected chi connectivity index (χ0v) is 59.5. The Hall–Kier alpha value is -1.94. The number of aliphatic hydroxyl groups is 1. The normalized spacial score (nSPS) is 14.4. The lowest BCUT2D eigenvalue weighted by Crippen LogP contribution is -2.30. The van der Waals surface area contributed by atoms with Gasteiger partial charge in [-0.3, -0.25) is 37.3 Å². The third-order valence-electron chi connectivity index (χ3n) is 16.6. The first-order chi connectivity index (χ1) is 42.9. The highest BCUT2D eigenvalue weighted by Crippen LogP contribution is 2.45. The number of unbranched alkanes of at least 4 members (excludes halogenated alkanes) is 38. The second kappa shape index (κ2) is 62.2. The summed E-state index contributed by atoms with van der Waals surface area (Å²) in [5.74, 6) is -0.542. The van der Waals surface area contributed by atoms with Crippen molar-refractivity contribution < 1.29 is 80.2 Å². The summed E-state index contributed by atoms with van der Waals surface area (Å²) in [6.45, 7) is 9.54. The van der Waals surface area contributed by atoms with Gasteiger partial charge >= 0.3 is 39.5 Å². The SMILES string of the molecule is CCCCCCCCCCCCCC(=O)O[C@H](COC(=O)CCCCCCCCC)COP(=O)(O)OC[C@H](O)COP(=O)(O)OC[C@@H](COC(=O)CCCCCCCCCCC(C)CC)OC(=O)CCCCCCCCCCCCCCCCCCC(C)C. The van der Waals surface area contributed by atoms with Gasteiger partial charge in [-0.15, -0.1) is 0 Å². The summed E-state index contributed by atoms with van der Waals surface area (Å²) in [4.78, 5) is 72.4. The number of phosphoric acid groups is 2. The Morgan fingerprint density at radius 1 is 0.326 bits per heavy atom. The first-order valence-electron chi connectivity index (χ1n) is 36.5. The molecule has 6 atom stereocenters. The number of hydrogen-bond acceptors (Lipinski definition) is 15. The van der Waals surface area contributed by atoms with Gasteiger partial charge in [-0.2, -0.15) is 0 Å². The quantitative estimate of drug-likeness (QED) is 0.0222. The first kappa shape index (κ1) is 87.1. The topological polar surface area (TPSA) is 237 Å². The van der Waals surface area contributed by atoms with Crippen molar-refractivity contribution in [1.82, 2.24) is 0 Å². The van der Waals surface area contributed by atoms with Crippen molar-refractivity contribution in [2.75, 3.05) is 39.6 Å². The Morgan fingerprint density at radius 3 is 0.854 bits per heavy atom. The van der Waals surface area contributed by atoms with Crippen molar-refractivity contribution in [3.05, 3.63) is 0 Å². The van der Waals surface area contributed by atoms with Crippen LogP contribution >= 0.6 is 15.6 Å². The zero-order valence-electron chi connectivity index (χ0n) is 57.7. The molecule has 0 aromatic heterocycles. The molecule has 0 amide bonds. The van der Waals surface area contributed by atoms with Crippen molar-refractivity contribution in [2.45, 2.75) is 374 Å². The van der Waals surface area contributed by atoms with Crippen LogP contribution in [0.25, 0.3) is 0 Å². The van der Waals surface area contributed by atoms with Crippen LogP contribution in [0.3, 0.4) is 0 Å². The average molecular weight is 1310 g/mol. The molecule has 528 valence electrons. The van der Waals surface area contributed by atoms with Gasteiger partial charge in [-0.25, -0.2) is 9.13 Å². The Balaban J connectivity index is 5.18. The summed E-state index contributed by atoms with van der Waals surface area (Å²) >= 11 is 0. The van der Waals surface area contributed by atoms with Gasteiger partial charge in [0.25, 0.3) is 0 Å². The van der Waals surface area contributed by atoms with Crippen LogP contribution < -0.4 is 0 Å². The van der Waals surface area contributed by atoms with Gasteiger partial charge in [-0.1, -0.05) is 305 Å². The molecule has 89 heavy (non-hydrogen) atoms. The Kier molecular flexibility index (Phi) is 60.8. The maximum atomic E-state index is 13.0.